The molecule has 5 nitrogen and oxygen atoms in total. The first-order valence-corrected chi connectivity index (χ1v) is 8.71. The Labute approximate surface area is 121 Å². The van der Waals surface area contributed by atoms with E-state index in [4.69, 9.17) is 5.73 Å². The number of aromatic nitrogens is 1. The Balaban J connectivity index is 2.08. The van der Waals surface area contributed by atoms with Gasteiger partial charge in [-0.2, -0.15) is 0 Å². The molecule has 3 N–H and O–H groups in total. The number of rotatable bonds is 5. The molecule has 1 fully saturated rings. The van der Waals surface area contributed by atoms with Crippen molar-refractivity contribution in [2.24, 2.45) is 11.7 Å². The molecule has 20 heavy (non-hydrogen) atoms. The summed E-state index contributed by atoms with van der Waals surface area (Å²) in [7, 11) is -3.52. The molecule has 112 valence electrons. The topological polar surface area (TPSA) is 85.1 Å². The van der Waals surface area contributed by atoms with Gasteiger partial charge in [-0.3, -0.25) is 4.98 Å². The lowest BCUT2D eigenvalue weighted by Gasteiger charge is -2.28. The van der Waals surface area contributed by atoms with Gasteiger partial charge in [-0.1, -0.05) is 13.3 Å². The highest BCUT2D eigenvalue weighted by Gasteiger charge is 2.26. The molecule has 1 aromatic heterocycles. The molecule has 1 aliphatic carbocycles. The van der Waals surface area contributed by atoms with E-state index in [-0.39, 0.29) is 17.5 Å². The van der Waals surface area contributed by atoms with Crippen molar-refractivity contribution in [2.45, 2.75) is 56.5 Å². The molecule has 0 spiro atoms. The second-order valence-electron chi connectivity index (χ2n) is 5.40. The molecule has 0 aliphatic heterocycles. The Hall–Kier alpha value is -0.980. The number of sulfonamides is 1. The van der Waals surface area contributed by atoms with Gasteiger partial charge < -0.3 is 5.73 Å². The van der Waals surface area contributed by atoms with Crippen LogP contribution < -0.4 is 10.5 Å². The average Bonchev–Trinajstić information content (AvgIpc) is 2.47. The van der Waals surface area contributed by atoms with Crippen LogP contribution in [0.4, 0.5) is 0 Å². The summed E-state index contributed by atoms with van der Waals surface area (Å²) in [6.45, 7) is 2.32. The van der Waals surface area contributed by atoms with E-state index >= 15 is 0 Å². The molecule has 1 heterocycles. The zero-order valence-corrected chi connectivity index (χ0v) is 12.7. The van der Waals surface area contributed by atoms with E-state index in [1.165, 1.54) is 6.42 Å². The molecule has 0 aromatic carbocycles. The summed E-state index contributed by atoms with van der Waals surface area (Å²) in [6.07, 6.45) is 6.76. The summed E-state index contributed by atoms with van der Waals surface area (Å²) >= 11 is 0. The van der Waals surface area contributed by atoms with E-state index in [1.54, 1.807) is 18.3 Å². The maximum atomic E-state index is 12.4. The van der Waals surface area contributed by atoms with Crippen molar-refractivity contribution in [3.8, 4) is 0 Å². The van der Waals surface area contributed by atoms with E-state index in [0.29, 0.717) is 5.69 Å². The summed E-state index contributed by atoms with van der Waals surface area (Å²) in [5.74, 6) is 0.744. The maximum Gasteiger partial charge on any atom is 0.242 e. The fourth-order valence-corrected chi connectivity index (χ4v) is 4.30. The third kappa shape index (κ3) is 3.56. The van der Waals surface area contributed by atoms with Crippen molar-refractivity contribution in [3.05, 3.63) is 24.0 Å². The molecule has 0 bridgehead atoms. The summed E-state index contributed by atoms with van der Waals surface area (Å²) in [5, 5.41) is 0. The second kappa shape index (κ2) is 6.65. The molecule has 0 radical (unpaired) electrons. The van der Waals surface area contributed by atoms with Gasteiger partial charge in [0.2, 0.25) is 10.0 Å². The molecule has 1 saturated carbocycles. The average molecular weight is 297 g/mol. The molecule has 6 heteroatoms. The van der Waals surface area contributed by atoms with Crippen LogP contribution in [0.1, 0.15) is 44.7 Å². The molecule has 2 rings (SSSR count). The minimum atomic E-state index is -3.52. The minimum absolute atomic E-state index is 0.0358. The van der Waals surface area contributed by atoms with Crippen LogP contribution in [0.5, 0.6) is 0 Å². The van der Waals surface area contributed by atoms with E-state index in [9.17, 15) is 8.42 Å². The number of pyridine rings is 1. The second-order valence-corrected chi connectivity index (χ2v) is 7.08. The lowest BCUT2D eigenvalue weighted by molar-refractivity contribution is 0.306. The zero-order chi connectivity index (χ0) is 14.6. The van der Waals surface area contributed by atoms with E-state index in [0.717, 1.165) is 31.6 Å². The third-order valence-electron chi connectivity index (χ3n) is 4.08. The highest BCUT2D eigenvalue weighted by molar-refractivity contribution is 7.89. The van der Waals surface area contributed by atoms with Crippen molar-refractivity contribution >= 4 is 10.0 Å². The molecule has 0 amide bonds. The highest BCUT2D eigenvalue weighted by atomic mass is 32.2. The van der Waals surface area contributed by atoms with Gasteiger partial charge in [-0.05, 0) is 43.7 Å². The molecule has 1 aliphatic rings. The van der Waals surface area contributed by atoms with Crippen molar-refractivity contribution < 1.29 is 8.42 Å². The summed E-state index contributed by atoms with van der Waals surface area (Å²) in [4.78, 5) is 4.25. The van der Waals surface area contributed by atoms with Gasteiger partial charge in [0.1, 0.15) is 4.90 Å². The maximum absolute atomic E-state index is 12.4. The van der Waals surface area contributed by atoms with Gasteiger partial charge >= 0.3 is 0 Å². The van der Waals surface area contributed by atoms with Crippen LogP contribution >= 0.6 is 0 Å². The summed E-state index contributed by atoms with van der Waals surface area (Å²) in [6, 6.07) is 3.23. The van der Waals surface area contributed by atoms with Crippen LogP contribution in [0.15, 0.2) is 23.2 Å². The molecular formula is C14H23N3O2S. The van der Waals surface area contributed by atoms with Gasteiger partial charge in [0.15, 0.2) is 0 Å². The zero-order valence-electron chi connectivity index (χ0n) is 11.9. The number of nitrogens with zero attached hydrogens (tertiary/aromatic N) is 1. The van der Waals surface area contributed by atoms with Crippen LogP contribution in [0.25, 0.3) is 0 Å². The van der Waals surface area contributed by atoms with Gasteiger partial charge in [-0.25, -0.2) is 13.1 Å². The smallest absolute Gasteiger partial charge is 0.242 e. The number of nitrogens with two attached hydrogens (primary N) is 1. The van der Waals surface area contributed by atoms with Crippen LogP contribution in [0, 0.1) is 5.92 Å². The van der Waals surface area contributed by atoms with Crippen molar-refractivity contribution in [1.29, 1.82) is 0 Å². The largest absolute Gasteiger partial charge is 0.325 e. The van der Waals surface area contributed by atoms with E-state index in [1.807, 2.05) is 0 Å². The normalized spacial score (nSPS) is 23.7. The molecule has 0 unspecified atom stereocenters. The Morgan fingerprint density at radius 1 is 1.35 bits per heavy atom. The van der Waals surface area contributed by atoms with Crippen molar-refractivity contribution in [1.82, 2.24) is 9.71 Å². The van der Waals surface area contributed by atoms with Crippen LogP contribution in [-0.4, -0.2) is 19.4 Å². The van der Waals surface area contributed by atoms with Gasteiger partial charge in [0, 0.05) is 18.8 Å². The number of hydrogen-bond acceptors (Lipinski definition) is 4. The highest BCUT2D eigenvalue weighted by Crippen LogP contribution is 2.27. The Morgan fingerprint density at radius 3 is 2.65 bits per heavy atom. The molecule has 1 aromatic rings. The van der Waals surface area contributed by atoms with Gasteiger partial charge in [0.05, 0.1) is 5.69 Å². The van der Waals surface area contributed by atoms with Gasteiger partial charge in [-0.15, -0.1) is 0 Å². The number of hydrogen-bond donors (Lipinski definition) is 2. The first-order valence-electron chi connectivity index (χ1n) is 7.23. The quantitative estimate of drug-likeness (QED) is 0.867. The van der Waals surface area contributed by atoms with E-state index < -0.39 is 10.0 Å². The first kappa shape index (κ1) is 15.4. The lowest BCUT2D eigenvalue weighted by Crippen LogP contribution is -2.38. The van der Waals surface area contributed by atoms with Crippen molar-refractivity contribution in [2.75, 3.05) is 0 Å². The fourth-order valence-electron chi connectivity index (χ4n) is 2.79. The van der Waals surface area contributed by atoms with Crippen LogP contribution in [0.2, 0.25) is 0 Å². The van der Waals surface area contributed by atoms with Crippen LogP contribution in [-0.2, 0) is 16.6 Å². The first-order chi connectivity index (χ1) is 9.56. The predicted octanol–water partition coefficient (Wildman–Crippen LogP) is 1.79. The predicted molar refractivity (Wildman–Crippen MR) is 78.5 cm³/mol. The summed E-state index contributed by atoms with van der Waals surface area (Å²) in [5.41, 5.74) is 5.98. The number of nitrogens with one attached hydrogen (secondary N) is 1. The summed E-state index contributed by atoms with van der Waals surface area (Å²) < 4.78 is 27.7. The van der Waals surface area contributed by atoms with Crippen LogP contribution in [0.3, 0.4) is 0 Å². The molecular weight excluding hydrogens is 274 g/mol. The third-order valence-corrected chi connectivity index (χ3v) is 5.67. The standard InChI is InChI=1S/C14H23N3O2S/c1-2-11-5-7-12(8-6-11)17-20(18,19)14-4-3-9-16-13(14)10-15/h3-4,9,11-12,17H,2,5-8,10,15H2,1H3. The SMILES string of the molecule is CCC1CCC(NS(=O)(=O)c2cccnc2CN)CC1. The Kier molecular flexibility index (Phi) is 5.12. The molecule has 0 saturated heterocycles. The Bertz CT molecular complexity index is 537. The van der Waals surface area contributed by atoms with Crippen molar-refractivity contribution in [3.63, 3.8) is 0 Å². The monoisotopic (exact) mass is 297 g/mol. The van der Waals surface area contributed by atoms with E-state index in [2.05, 4.69) is 16.6 Å². The fraction of sp³-hybridized carbons (Fsp3) is 0.643. The minimum Gasteiger partial charge on any atom is -0.325 e. The lowest BCUT2D eigenvalue weighted by atomic mass is 9.85. The van der Waals surface area contributed by atoms with Gasteiger partial charge in [0.25, 0.3) is 0 Å². The Morgan fingerprint density at radius 2 is 2.05 bits per heavy atom. The molecule has 0 atom stereocenters.